The molecule has 27 heavy (non-hydrogen) atoms. The fourth-order valence-electron chi connectivity index (χ4n) is 3.27. The van der Waals surface area contributed by atoms with Crippen molar-refractivity contribution >= 4 is 0 Å². The Bertz CT molecular complexity index is 328. The molecule has 0 aliphatic rings. The predicted octanol–water partition coefficient (Wildman–Crippen LogP) is 8.01. The van der Waals surface area contributed by atoms with Crippen LogP contribution in [0.25, 0.3) is 0 Å². The molecule has 0 saturated heterocycles. The van der Waals surface area contributed by atoms with Gasteiger partial charge in [-0.2, -0.15) is 0 Å². The zero-order valence-electron chi connectivity index (χ0n) is 20.3. The summed E-state index contributed by atoms with van der Waals surface area (Å²) in [5.41, 5.74) is -1.01. The van der Waals surface area contributed by atoms with E-state index < -0.39 is 5.97 Å². The van der Waals surface area contributed by atoms with Gasteiger partial charge in [0.15, 0.2) is 0 Å². The Morgan fingerprint density at radius 1 is 0.444 bits per heavy atom. The van der Waals surface area contributed by atoms with Crippen LogP contribution in [0.15, 0.2) is 0 Å². The zero-order valence-corrected chi connectivity index (χ0v) is 20.3. The second-order valence-corrected chi connectivity index (χ2v) is 10.9. The third-order valence-corrected chi connectivity index (χ3v) is 3.97. The van der Waals surface area contributed by atoms with Gasteiger partial charge in [0, 0.05) is 6.42 Å². The third-order valence-electron chi connectivity index (χ3n) is 3.97. The smallest absolute Gasteiger partial charge is 0.284 e. The molecule has 0 fully saturated rings. The van der Waals surface area contributed by atoms with Crippen LogP contribution in [-0.4, -0.2) is 22.8 Å². The molecule has 0 aliphatic heterocycles. The molecule has 0 atom stereocenters. The highest BCUT2D eigenvalue weighted by Gasteiger charge is 2.43. The van der Waals surface area contributed by atoms with Gasteiger partial charge in [-0.3, -0.25) is 0 Å². The summed E-state index contributed by atoms with van der Waals surface area (Å²) in [5.74, 6) is -1.00. The van der Waals surface area contributed by atoms with Gasteiger partial charge < -0.3 is 14.2 Å². The van der Waals surface area contributed by atoms with Gasteiger partial charge in [-0.25, -0.2) is 0 Å². The lowest BCUT2D eigenvalue weighted by Crippen LogP contribution is -2.52. The molecule has 3 nitrogen and oxygen atoms in total. The topological polar surface area (TPSA) is 27.7 Å². The first-order valence-electron chi connectivity index (χ1n) is 11.3. The molecule has 0 unspecified atom stereocenters. The largest absolute Gasteiger partial charge is 0.322 e. The average molecular weight is 387 g/mol. The summed E-state index contributed by atoms with van der Waals surface area (Å²) >= 11 is 0. The number of ether oxygens (including phenoxy) is 3. The van der Waals surface area contributed by atoms with Crippen LogP contribution in [0.4, 0.5) is 0 Å². The molecule has 0 radical (unpaired) electrons. The molecular weight excluding hydrogens is 336 g/mol. The van der Waals surface area contributed by atoms with Crippen molar-refractivity contribution < 1.29 is 14.2 Å². The van der Waals surface area contributed by atoms with Crippen molar-refractivity contribution in [3.8, 4) is 0 Å². The first-order valence-corrected chi connectivity index (χ1v) is 11.3. The van der Waals surface area contributed by atoms with Crippen LogP contribution < -0.4 is 0 Å². The first kappa shape index (κ1) is 26.9. The van der Waals surface area contributed by atoms with E-state index in [1.165, 1.54) is 51.4 Å². The molecule has 0 amide bonds. The number of rotatable bonds is 13. The highest BCUT2D eigenvalue weighted by Crippen LogP contribution is 2.36. The summed E-state index contributed by atoms with van der Waals surface area (Å²) in [7, 11) is 0. The minimum atomic E-state index is -1.00. The summed E-state index contributed by atoms with van der Waals surface area (Å²) in [6, 6.07) is 0. The van der Waals surface area contributed by atoms with Crippen molar-refractivity contribution in [2.24, 2.45) is 0 Å². The standard InChI is InChI=1S/C24H50O3/c1-11-12-13-14-15-16-17-18-19-20-24(25-21(2,3)4,26-22(5,6)7)27-23(8,9)10/h11-20H2,1-10H3. The summed E-state index contributed by atoms with van der Waals surface area (Å²) in [6.07, 6.45) is 12.4. The SMILES string of the molecule is CCCCCCCCCCCC(OC(C)(C)C)(OC(C)(C)C)OC(C)(C)C. The van der Waals surface area contributed by atoms with Crippen LogP contribution in [0.3, 0.4) is 0 Å². The third kappa shape index (κ3) is 16.5. The van der Waals surface area contributed by atoms with Gasteiger partial charge in [-0.1, -0.05) is 58.3 Å². The van der Waals surface area contributed by atoms with Gasteiger partial charge in [0.05, 0.1) is 16.8 Å². The molecule has 0 aromatic rings. The fraction of sp³-hybridized carbons (Fsp3) is 1.00. The molecule has 0 aliphatic carbocycles. The second-order valence-electron chi connectivity index (χ2n) is 10.9. The van der Waals surface area contributed by atoms with Crippen LogP contribution in [-0.2, 0) is 14.2 Å². The molecule has 0 rings (SSSR count). The van der Waals surface area contributed by atoms with E-state index in [4.69, 9.17) is 14.2 Å². The minimum Gasteiger partial charge on any atom is -0.322 e. The normalized spacial score (nSPS) is 14.0. The Hall–Kier alpha value is -0.120. The van der Waals surface area contributed by atoms with Gasteiger partial charge in [-0.15, -0.1) is 0 Å². The van der Waals surface area contributed by atoms with Crippen molar-refractivity contribution in [2.75, 3.05) is 0 Å². The Balaban J connectivity index is 4.77. The Labute approximate surface area is 170 Å². The molecule has 164 valence electrons. The molecule has 0 aromatic heterocycles. The quantitative estimate of drug-likeness (QED) is 0.237. The highest BCUT2D eigenvalue weighted by atomic mass is 16.9. The monoisotopic (exact) mass is 386 g/mol. The Morgan fingerprint density at radius 3 is 1.04 bits per heavy atom. The molecule has 0 N–H and O–H groups in total. The van der Waals surface area contributed by atoms with Crippen molar-refractivity contribution in [1.29, 1.82) is 0 Å². The van der Waals surface area contributed by atoms with E-state index in [1.807, 2.05) is 0 Å². The van der Waals surface area contributed by atoms with E-state index >= 15 is 0 Å². The van der Waals surface area contributed by atoms with Crippen LogP contribution in [0.1, 0.15) is 133 Å². The van der Waals surface area contributed by atoms with Gasteiger partial charge in [0.1, 0.15) is 0 Å². The average Bonchev–Trinajstić information content (AvgIpc) is 2.39. The first-order chi connectivity index (χ1) is 12.2. The lowest BCUT2D eigenvalue weighted by Gasteiger charge is -2.45. The fourth-order valence-corrected chi connectivity index (χ4v) is 3.27. The summed E-state index contributed by atoms with van der Waals surface area (Å²) in [6.45, 7) is 20.9. The molecule has 0 saturated carbocycles. The molecule has 3 heteroatoms. The van der Waals surface area contributed by atoms with E-state index in [9.17, 15) is 0 Å². The zero-order chi connectivity index (χ0) is 21.2. The van der Waals surface area contributed by atoms with Crippen LogP contribution in [0.5, 0.6) is 0 Å². The van der Waals surface area contributed by atoms with Crippen molar-refractivity contribution in [3.05, 3.63) is 0 Å². The second kappa shape index (κ2) is 11.8. The molecule has 0 bridgehead atoms. The lowest BCUT2D eigenvalue weighted by atomic mass is 10.0. The maximum atomic E-state index is 6.41. The van der Waals surface area contributed by atoms with Crippen LogP contribution >= 0.6 is 0 Å². The van der Waals surface area contributed by atoms with E-state index in [-0.39, 0.29) is 16.8 Å². The van der Waals surface area contributed by atoms with Crippen LogP contribution in [0.2, 0.25) is 0 Å². The molecular formula is C24H50O3. The number of hydrogen-bond donors (Lipinski definition) is 0. The van der Waals surface area contributed by atoms with E-state index in [0.29, 0.717) is 0 Å². The lowest BCUT2D eigenvalue weighted by molar-refractivity contribution is -0.449. The predicted molar refractivity (Wildman–Crippen MR) is 117 cm³/mol. The minimum absolute atomic E-state index is 0.338. The maximum absolute atomic E-state index is 6.41. The van der Waals surface area contributed by atoms with Gasteiger partial charge in [0.2, 0.25) is 0 Å². The van der Waals surface area contributed by atoms with E-state index in [0.717, 1.165) is 12.8 Å². The van der Waals surface area contributed by atoms with E-state index in [2.05, 4.69) is 69.2 Å². The van der Waals surface area contributed by atoms with E-state index in [1.54, 1.807) is 0 Å². The molecule has 0 spiro atoms. The summed E-state index contributed by atoms with van der Waals surface area (Å²) < 4.78 is 19.2. The highest BCUT2D eigenvalue weighted by molar-refractivity contribution is 4.75. The number of unbranched alkanes of at least 4 members (excludes halogenated alkanes) is 8. The maximum Gasteiger partial charge on any atom is 0.284 e. The Kier molecular flexibility index (Phi) is 11.7. The van der Waals surface area contributed by atoms with Gasteiger partial charge in [0.25, 0.3) is 5.97 Å². The van der Waals surface area contributed by atoms with Gasteiger partial charge in [-0.05, 0) is 68.7 Å². The van der Waals surface area contributed by atoms with Gasteiger partial charge >= 0.3 is 0 Å². The Morgan fingerprint density at radius 2 is 0.741 bits per heavy atom. The van der Waals surface area contributed by atoms with Crippen molar-refractivity contribution in [3.63, 3.8) is 0 Å². The molecule has 0 aromatic carbocycles. The number of hydrogen-bond acceptors (Lipinski definition) is 3. The summed E-state index contributed by atoms with van der Waals surface area (Å²) in [5, 5.41) is 0. The van der Waals surface area contributed by atoms with Crippen LogP contribution in [0, 0.1) is 0 Å². The molecule has 0 heterocycles. The summed E-state index contributed by atoms with van der Waals surface area (Å²) in [4.78, 5) is 0. The van der Waals surface area contributed by atoms with Crippen molar-refractivity contribution in [1.82, 2.24) is 0 Å². The van der Waals surface area contributed by atoms with Crippen molar-refractivity contribution in [2.45, 2.75) is 156 Å².